The van der Waals surface area contributed by atoms with E-state index in [1.165, 1.54) is 197 Å². The number of carboxylic acids is 1. The van der Waals surface area contributed by atoms with Crippen molar-refractivity contribution in [2.45, 2.75) is 364 Å². The van der Waals surface area contributed by atoms with Gasteiger partial charge < -0.3 is 48.6 Å². The molecule has 4 aromatic heterocycles. The Bertz CT molecular complexity index is 6000. The number of ether oxygens (including phenoxy) is 5. The molecular formula is C131H169N7O9S. The van der Waals surface area contributed by atoms with E-state index in [2.05, 4.69) is 174 Å². The Hall–Kier alpha value is -11.9. The van der Waals surface area contributed by atoms with Crippen molar-refractivity contribution in [1.82, 2.24) is 29.7 Å². The highest BCUT2D eigenvalue weighted by atomic mass is 32.1. The number of thiophene rings is 1. The van der Waals surface area contributed by atoms with Gasteiger partial charge in [-0.05, 0) is 188 Å². The van der Waals surface area contributed by atoms with Gasteiger partial charge in [-0.15, -0.1) is 11.3 Å². The number of carbonyl (C=O) groups is 3. The molecule has 4 aliphatic heterocycles. The van der Waals surface area contributed by atoms with E-state index in [4.69, 9.17) is 33.7 Å². The van der Waals surface area contributed by atoms with E-state index in [0.717, 1.165) is 246 Å². The smallest absolute Gasteiger partial charge is 0.346 e. The van der Waals surface area contributed by atoms with Crippen LogP contribution in [0.15, 0.2) is 162 Å². The lowest BCUT2D eigenvalue weighted by molar-refractivity contribution is -0.132. The molecule has 788 valence electrons. The zero-order valence-electron chi connectivity index (χ0n) is 90.9. The number of nitrogens with one attached hydrogen (secondary N) is 2. The molecule has 2 atom stereocenters. The van der Waals surface area contributed by atoms with Gasteiger partial charge in [-0.3, -0.25) is 9.59 Å². The van der Waals surface area contributed by atoms with Gasteiger partial charge in [0.05, 0.1) is 101 Å². The molecule has 4 aliphatic rings. The molecule has 148 heavy (non-hydrogen) atoms. The van der Waals surface area contributed by atoms with E-state index in [1.807, 2.05) is 82.6 Å². The summed E-state index contributed by atoms with van der Waals surface area (Å²) in [6, 6.07) is 51.2. The summed E-state index contributed by atoms with van der Waals surface area (Å²) in [6.45, 7) is 21.0. The first-order chi connectivity index (χ1) is 72.8. The number of hydrogen-bond donors (Lipinski definition) is 3. The largest absolute Gasteiger partial charge is 0.497 e. The zero-order valence-corrected chi connectivity index (χ0v) is 91.8. The summed E-state index contributed by atoms with van der Waals surface area (Å²) in [5.41, 5.74) is 16.5. The van der Waals surface area contributed by atoms with Gasteiger partial charge in [0.25, 0.3) is 11.8 Å². The van der Waals surface area contributed by atoms with Gasteiger partial charge in [-0.1, -0.05) is 398 Å². The van der Waals surface area contributed by atoms with Crippen molar-refractivity contribution in [3.8, 4) is 90.5 Å². The van der Waals surface area contributed by atoms with Crippen molar-refractivity contribution < 1.29 is 43.2 Å². The number of aromatic amines is 2. The summed E-state index contributed by atoms with van der Waals surface area (Å²) in [4.78, 5) is 69.5. The lowest BCUT2D eigenvalue weighted by Gasteiger charge is -2.29. The van der Waals surface area contributed by atoms with E-state index in [-0.39, 0.29) is 29.2 Å². The molecule has 13 rings (SSSR count). The molecule has 8 heterocycles. The molecule has 0 aliphatic carbocycles. The Morgan fingerprint density at radius 1 is 0.378 bits per heavy atom. The molecule has 5 aromatic carbocycles. The highest BCUT2D eigenvalue weighted by molar-refractivity contribution is 7.16. The third-order valence-corrected chi connectivity index (χ3v) is 31.1. The summed E-state index contributed by atoms with van der Waals surface area (Å²) < 4.78 is 34.7. The van der Waals surface area contributed by atoms with Crippen LogP contribution >= 0.6 is 11.3 Å². The number of unbranched alkanes of at least 4 members (excludes halogenated alkanes) is 38. The minimum Gasteiger partial charge on any atom is -0.497 e. The molecule has 16 nitrogen and oxygen atoms in total. The van der Waals surface area contributed by atoms with E-state index < -0.39 is 5.97 Å². The lowest BCUT2D eigenvalue weighted by atomic mass is 9.97. The predicted octanol–water partition coefficient (Wildman–Crippen LogP) is 36.2. The number of rotatable bonds is 69. The van der Waals surface area contributed by atoms with Crippen LogP contribution < -0.4 is 23.7 Å². The number of benzene rings is 5. The average Bonchev–Trinajstić information content (AvgIpc) is 1.55. The van der Waals surface area contributed by atoms with Crippen molar-refractivity contribution in [1.29, 1.82) is 5.26 Å². The first-order valence-corrected chi connectivity index (χ1v) is 58.5. The first kappa shape index (κ1) is 113. The monoisotopic (exact) mass is 2020 g/mol. The van der Waals surface area contributed by atoms with E-state index in [1.54, 1.807) is 13.2 Å². The predicted molar refractivity (Wildman–Crippen MR) is 618 cm³/mol. The van der Waals surface area contributed by atoms with Crippen molar-refractivity contribution in [3.05, 3.63) is 212 Å². The summed E-state index contributed by atoms with van der Waals surface area (Å²) >= 11 is 1.39. The molecular weight excluding hydrogens is 1850 g/mol. The highest BCUT2D eigenvalue weighted by Crippen LogP contribution is 2.51. The maximum Gasteiger partial charge on any atom is 0.346 e. The maximum atomic E-state index is 16.2. The van der Waals surface area contributed by atoms with Crippen LogP contribution in [0.5, 0.6) is 28.7 Å². The minimum atomic E-state index is -1.28. The second-order valence-corrected chi connectivity index (χ2v) is 42.4. The molecule has 0 saturated heterocycles. The van der Waals surface area contributed by atoms with Gasteiger partial charge in [0.15, 0.2) is 0 Å². The van der Waals surface area contributed by atoms with Crippen molar-refractivity contribution in [3.63, 3.8) is 0 Å². The molecule has 0 spiro atoms. The number of amides is 2. The minimum absolute atomic E-state index is 0.164. The third kappa shape index (κ3) is 32.1. The number of carbonyl (C=O) groups excluding carboxylic acids is 2. The summed E-state index contributed by atoms with van der Waals surface area (Å²) in [6.07, 6.45) is 66.0. The fraction of sp³-hybridized carbons (Fsp3) is 0.496. The highest BCUT2D eigenvalue weighted by Gasteiger charge is 2.50. The number of fused-ring (bicyclic) bond motifs is 9. The fourth-order valence-corrected chi connectivity index (χ4v) is 22.2. The molecule has 2 unspecified atom stereocenters. The number of nitriles is 1. The van der Waals surface area contributed by atoms with Crippen LogP contribution in [-0.4, -0.2) is 99.3 Å². The molecule has 17 heteroatoms. The quantitative estimate of drug-likeness (QED) is 0.0141. The van der Waals surface area contributed by atoms with Crippen LogP contribution in [-0.2, 0) is 14.4 Å². The molecule has 0 radical (unpaired) electrons. The summed E-state index contributed by atoms with van der Waals surface area (Å²) in [7, 11) is 1.71. The molecule has 8 bridgehead atoms. The Morgan fingerprint density at radius 2 is 0.716 bits per heavy atom. The summed E-state index contributed by atoms with van der Waals surface area (Å²) in [5.74, 6) is 9.83. The first-order valence-electron chi connectivity index (χ1n) is 57.7. The molecule has 9 aromatic rings. The zero-order chi connectivity index (χ0) is 104. The van der Waals surface area contributed by atoms with Crippen molar-refractivity contribution in [2.75, 3.05) is 46.6 Å². The molecule has 0 fully saturated rings. The Labute approximate surface area is 890 Å². The third-order valence-electron chi connectivity index (χ3n) is 30.0. The second-order valence-electron chi connectivity index (χ2n) is 41.3. The molecule has 3 N–H and O–H groups in total. The van der Waals surface area contributed by atoms with Gasteiger partial charge in [0.1, 0.15) is 40.4 Å². The number of aromatic nitrogens is 4. The SMILES string of the molecule is CCCCCCCCCCCCOc1cccc(OCCCCCCCCCCCC)c1-c1c2nc(c(-c3ccc(OC)cc3)c3ccc([nH]3)c(-c3c(OCCCCCCCCCCCC)cccc3OCCCCCCCCCCCC)c3nc(c(C#Cc4ccc(C5=C6C(=O)N(CC(CC)CCCC)C(c7ccc(-c8ccc(/C=C(\C#N)C(=O)O)s8)cc7)=C6C(=O)N5CC(CC)CCCC)cc4)c4ccc1[nH]4)C=C3)C=C2. The number of carboxylic acid groups (broad SMARTS) is 1. The van der Waals surface area contributed by atoms with E-state index >= 15 is 9.59 Å². The standard InChI is InChI=1S/C131H169N7O9S/c1-10-18-24-28-32-36-40-44-48-52-88-144-115-60-56-61-116(145-89-53-49-45-41-37-33-29-25-19-11-2)123(115)121-111-81-79-107(133-111)106(78-66-98-64-67-101(68-65-98)127-125-126(130(140)137(127)94-96(16-7)58-22-14-5)128(138(129(125)139)95-97(17-8)59-23-15-6)102-71-69-99(70-72-102)119-87-77-105(148-119)92-103(93-132)131(141)142)108-80-82-112(134-108)122(114-86-84-110(136-114)120(109-83-85-113(121)135-109)100-73-75-104(143-9)76-74-100)124-117(146-90-54-50-46-42-38-34-30-26-20-12-3)62-57-63-118(124)147-91-55-51-47-43-39-35-31-27-21-13-4/h56-57,60-65,67-77,79-87,92,96-97,133,136H,10-55,58-59,88-91,94-95H2,1-9H3,(H,141,142)/b103-92+,107-106?,108-106?,120-109?,120-110?,121-111?,121-113?,122-112?,122-114?. The Kier molecular flexibility index (Phi) is 47.4. The van der Waals surface area contributed by atoms with Gasteiger partial charge in [0.2, 0.25) is 0 Å². The van der Waals surface area contributed by atoms with Crippen molar-refractivity contribution in [2.24, 2.45) is 11.8 Å². The lowest BCUT2D eigenvalue weighted by Crippen LogP contribution is -2.34. The number of H-pyrrole nitrogens is 2. The molecule has 0 saturated carbocycles. The van der Waals surface area contributed by atoms with Crippen LogP contribution in [0.25, 0.3) is 108 Å². The van der Waals surface area contributed by atoms with Crippen LogP contribution in [0.3, 0.4) is 0 Å². The topological polar surface area (TPSA) is 205 Å². The van der Waals surface area contributed by atoms with Gasteiger partial charge in [-0.2, -0.15) is 5.26 Å². The van der Waals surface area contributed by atoms with E-state index in [0.29, 0.717) is 89.4 Å². The summed E-state index contributed by atoms with van der Waals surface area (Å²) in [5, 5.41) is 19.3. The maximum absolute atomic E-state index is 16.2. The Morgan fingerprint density at radius 3 is 1.09 bits per heavy atom. The number of methoxy groups -OCH3 is 1. The van der Waals surface area contributed by atoms with Crippen LogP contribution in [0.4, 0.5) is 0 Å². The van der Waals surface area contributed by atoms with Gasteiger partial charge >= 0.3 is 5.97 Å². The average molecular weight is 2020 g/mol. The van der Waals surface area contributed by atoms with Crippen molar-refractivity contribution >= 4 is 93.0 Å². The Balaban J connectivity index is 0.999. The number of nitrogens with zero attached hydrogens (tertiary/aromatic N) is 5. The normalized spacial score (nSPS) is 13.3. The van der Waals surface area contributed by atoms with Gasteiger partial charge in [-0.25, -0.2) is 14.8 Å². The van der Waals surface area contributed by atoms with Crippen LogP contribution in [0.2, 0.25) is 0 Å². The van der Waals surface area contributed by atoms with Crippen LogP contribution in [0.1, 0.15) is 413 Å². The fourth-order valence-electron chi connectivity index (χ4n) is 21.2. The van der Waals surface area contributed by atoms with Crippen LogP contribution in [0, 0.1) is 35.0 Å². The number of hydrogen-bond acceptors (Lipinski definition) is 12. The second kappa shape index (κ2) is 61.9. The van der Waals surface area contributed by atoms with Gasteiger partial charge in [0, 0.05) is 61.6 Å². The number of aliphatic carboxylic acids is 1. The molecule has 2 amide bonds. The van der Waals surface area contributed by atoms with E-state index in [9.17, 15) is 15.2 Å².